The lowest BCUT2D eigenvalue weighted by Gasteiger charge is -2.18. The van der Waals surface area contributed by atoms with E-state index < -0.39 is 0 Å². The van der Waals surface area contributed by atoms with Crippen LogP contribution >= 0.6 is 0 Å². The molecule has 7 aromatic carbocycles. The number of allylic oxidation sites excluding steroid dienone is 1. The van der Waals surface area contributed by atoms with Crippen LogP contribution in [-0.4, -0.2) is 15.0 Å². The van der Waals surface area contributed by atoms with Crippen molar-refractivity contribution in [2.75, 3.05) is 0 Å². The van der Waals surface area contributed by atoms with E-state index in [4.69, 9.17) is 19.4 Å². The Kier molecular flexibility index (Phi) is 7.14. The first-order valence-electron chi connectivity index (χ1n) is 17.8. The average molecular weight is 668 g/mol. The second-order valence-electron chi connectivity index (χ2n) is 13.6. The van der Waals surface area contributed by atoms with Crippen molar-refractivity contribution in [3.63, 3.8) is 0 Å². The van der Waals surface area contributed by atoms with Crippen LogP contribution < -0.4 is 0 Å². The maximum absolute atomic E-state index is 6.44. The van der Waals surface area contributed by atoms with E-state index in [-0.39, 0.29) is 0 Å². The Morgan fingerprint density at radius 3 is 2.04 bits per heavy atom. The minimum absolute atomic E-state index is 0.542. The molecule has 0 fully saturated rings. The van der Waals surface area contributed by atoms with Crippen LogP contribution in [-0.2, 0) is 0 Å². The molecular weight excluding hydrogens is 635 g/mol. The molecule has 1 aliphatic rings. The zero-order valence-electron chi connectivity index (χ0n) is 28.6. The van der Waals surface area contributed by atoms with Crippen molar-refractivity contribution in [1.29, 1.82) is 0 Å². The van der Waals surface area contributed by atoms with E-state index >= 15 is 0 Å². The smallest absolute Gasteiger partial charge is 0.165 e. The number of hydrogen-bond acceptors (Lipinski definition) is 4. The Hall–Kier alpha value is -6.65. The second kappa shape index (κ2) is 12.3. The fourth-order valence-corrected chi connectivity index (χ4v) is 7.75. The van der Waals surface area contributed by atoms with Gasteiger partial charge in [-0.25, -0.2) is 15.0 Å². The number of aromatic nitrogens is 3. The van der Waals surface area contributed by atoms with Gasteiger partial charge in [0.2, 0.25) is 0 Å². The minimum atomic E-state index is 0.542. The first-order valence-corrected chi connectivity index (χ1v) is 17.8. The van der Waals surface area contributed by atoms with E-state index in [9.17, 15) is 0 Å². The summed E-state index contributed by atoms with van der Waals surface area (Å²) in [6.07, 6.45) is 5.62. The number of fused-ring (bicyclic) bond motifs is 5. The summed E-state index contributed by atoms with van der Waals surface area (Å²) in [6.45, 7) is 2.30. The van der Waals surface area contributed by atoms with Gasteiger partial charge in [-0.15, -0.1) is 0 Å². The van der Waals surface area contributed by atoms with E-state index in [2.05, 4.69) is 140 Å². The molecule has 2 heterocycles. The predicted molar refractivity (Wildman–Crippen MR) is 214 cm³/mol. The summed E-state index contributed by atoms with van der Waals surface area (Å²) < 4.78 is 6.44. The molecule has 0 amide bonds. The molecule has 0 aliphatic heterocycles. The zero-order chi connectivity index (χ0) is 34.6. The van der Waals surface area contributed by atoms with E-state index in [0.717, 1.165) is 61.7 Å². The van der Waals surface area contributed by atoms with E-state index in [1.54, 1.807) is 0 Å². The molecule has 9 aromatic rings. The lowest BCUT2D eigenvalue weighted by molar-refractivity contribution is 0.669. The van der Waals surface area contributed by atoms with Gasteiger partial charge >= 0.3 is 0 Å². The monoisotopic (exact) mass is 667 g/mol. The van der Waals surface area contributed by atoms with Gasteiger partial charge in [-0.2, -0.15) is 0 Å². The molecule has 0 bridgehead atoms. The van der Waals surface area contributed by atoms with Gasteiger partial charge in [-0.3, -0.25) is 0 Å². The summed E-state index contributed by atoms with van der Waals surface area (Å²) >= 11 is 0. The Morgan fingerprint density at radius 1 is 0.519 bits per heavy atom. The Labute approximate surface area is 301 Å². The molecule has 1 aliphatic carbocycles. The van der Waals surface area contributed by atoms with Gasteiger partial charge in [0.1, 0.15) is 11.2 Å². The molecular formula is C48H33N3O. The Morgan fingerprint density at radius 2 is 1.19 bits per heavy atom. The summed E-state index contributed by atoms with van der Waals surface area (Å²) in [4.78, 5) is 15.6. The van der Waals surface area contributed by atoms with Crippen molar-refractivity contribution in [1.82, 2.24) is 15.0 Å². The van der Waals surface area contributed by atoms with E-state index in [0.29, 0.717) is 23.4 Å². The molecule has 0 radical (unpaired) electrons. The summed E-state index contributed by atoms with van der Waals surface area (Å²) in [6, 6.07) is 53.0. The normalized spacial score (nSPS) is 13.9. The molecule has 0 N–H and O–H groups in total. The number of hydrogen-bond donors (Lipinski definition) is 0. The highest BCUT2D eigenvalue weighted by Crippen LogP contribution is 2.44. The van der Waals surface area contributed by atoms with Crippen LogP contribution in [0.4, 0.5) is 0 Å². The number of rotatable bonds is 5. The van der Waals surface area contributed by atoms with Gasteiger partial charge in [0.15, 0.2) is 17.5 Å². The third-order valence-corrected chi connectivity index (χ3v) is 10.4. The molecule has 1 unspecified atom stereocenters. The summed E-state index contributed by atoms with van der Waals surface area (Å²) in [5.74, 6) is 2.38. The topological polar surface area (TPSA) is 51.8 Å². The number of para-hydroxylation sites is 1. The van der Waals surface area contributed by atoms with Gasteiger partial charge in [-0.05, 0) is 80.8 Å². The van der Waals surface area contributed by atoms with E-state index in [1.165, 1.54) is 27.5 Å². The molecule has 4 nitrogen and oxygen atoms in total. The van der Waals surface area contributed by atoms with Crippen LogP contribution in [0.1, 0.15) is 30.4 Å². The average Bonchev–Trinajstić information content (AvgIpc) is 3.59. The SMILES string of the molecule is CC1CC=Cc2cc(-c3ccc(-c4nc(-c5ccccc5)nc(-c5c(-c6cccc7ccccc67)ccc6oc7ccccc7c56)n4)cc3)ccc21. The van der Waals surface area contributed by atoms with E-state index in [1.807, 2.05) is 30.3 Å². The number of benzene rings is 7. The largest absolute Gasteiger partial charge is 0.456 e. The first-order chi connectivity index (χ1) is 25.7. The van der Waals surface area contributed by atoms with Crippen LogP contribution in [0.25, 0.3) is 95.2 Å². The highest BCUT2D eigenvalue weighted by molar-refractivity contribution is 6.16. The van der Waals surface area contributed by atoms with Gasteiger partial charge in [0.25, 0.3) is 0 Å². The summed E-state index contributed by atoms with van der Waals surface area (Å²) in [7, 11) is 0. The fraction of sp³-hybridized carbons (Fsp3) is 0.0625. The lowest BCUT2D eigenvalue weighted by Crippen LogP contribution is -2.02. The zero-order valence-corrected chi connectivity index (χ0v) is 28.6. The molecule has 0 saturated carbocycles. The lowest BCUT2D eigenvalue weighted by atomic mass is 9.86. The Bertz CT molecular complexity index is 2830. The summed E-state index contributed by atoms with van der Waals surface area (Å²) in [5.41, 5.74) is 11.6. The van der Waals surface area contributed by atoms with Crippen LogP contribution in [0.2, 0.25) is 0 Å². The highest BCUT2D eigenvalue weighted by Gasteiger charge is 2.23. The van der Waals surface area contributed by atoms with Crippen molar-refractivity contribution in [3.8, 4) is 56.4 Å². The van der Waals surface area contributed by atoms with Crippen LogP contribution in [0.5, 0.6) is 0 Å². The van der Waals surface area contributed by atoms with Crippen molar-refractivity contribution in [3.05, 3.63) is 169 Å². The third-order valence-electron chi connectivity index (χ3n) is 10.4. The minimum Gasteiger partial charge on any atom is -0.456 e. The quantitative estimate of drug-likeness (QED) is 0.183. The molecule has 10 rings (SSSR count). The number of furan rings is 1. The van der Waals surface area contributed by atoms with Crippen molar-refractivity contribution in [2.24, 2.45) is 0 Å². The number of nitrogens with zero attached hydrogens (tertiary/aromatic N) is 3. The van der Waals surface area contributed by atoms with Crippen LogP contribution in [0.3, 0.4) is 0 Å². The van der Waals surface area contributed by atoms with Gasteiger partial charge in [-0.1, -0.05) is 146 Å². The Balaban J connectivity index is 1.20. The van der Waals surface area contributed by atoms with Gasteiger partial charge in [0.05, 0.1) is 0 Å². The third kappa shape index (κ3) is 5.11. The molecule has 0 spiro atoms. The molecule has 1 atom stereocenters. The molecule has 0 saturated heterocycles. The van der Waals surface area contributed by atoms with Gasteiger partial charge in [0, 0.05) is 27.5 Å². The first kappa shape index (κ1) is 30.2. The molecule has 246 valence electrons. The standard InChI is InChI=1S/C48H33N3O/c1-30-11-9-16-36-29-35(25-26-37(30)36)31-21-23-34(24-22-31)47-49-46(33-13-3-2-4-14-33)50-48(51-47)45-40(39-19-10-15-32-12-5-6-17-38(32)39)27-28-43-44(45)41-18-7-8-20-42(41)52-43/h2-10,12-30H,11H2,1H3. The maximum atomic E-state index is 6.44. The van der Waals surface area contributed by atoms with Crippen LogP contribution in [0, 0.1) is 0 Å². The maximum Gasteiger partial charge on any atom is 0.165 e. The predicted octanol–water partition coefficient (Wildman–Crippen LogP) is 12.8. The molecule has 2 aromatic heterocycles. The van der Waals surface area contributed by atoms with Crippen molar-refractivity contribution in [2.45, 2.75) is 19.3 Å². The van der Waals surface area contributed by atoms with Crippen LogP contribution in [0.15, 0.2) is 162 Å². The fourth-order valence-electron chi connectivity index (χ4n) is 7.75. The van der Waals surface area contributed by atoms with Gasteiger partial charge < -0.3 is 4.42 Å². The summed E-state index contributed by atoms with van der Waals surface area (Å²) in [5, 5.41) is 4.35. The second-order valence-corrected chi connectivity index (χ2v) is 13.6. The molecule has 4 heteroatoms. The van der Waals surface area contributed by atoms with Crippen molar-refractivity contribution < 1.29 is 4.42 Å². The molecule has 52 heavy (non-hydrogen) atoms. The van der Waals surface area contributed by atoms with Crippen molar-refractivity contribution >= 4 is 38.8 Å². The highest BCUT2D eigenvalue weighted by atomic mass is 16.3.